The second kappa shape index (κ2) is 5.45. The molecule has 0 aromatic carbocycles. The lowest BCUT2D eigenvalue weighted by atomic mass is 9.93. The second-order valence-electron chi connectivity index (χ2n) is 4.62. The molecule has 1 fully saturated rings. The number of aromatic amines is 1. The summed E-state index contributed by atoms with van der Waals surface area (Å²) in [7, 11) is 0. The zero-order valence-electron chi connectivity index (χ0n) is 10.4. The number of nitrogens with one attached hydrogen (secondary N) is 1. The Hall–Kier alpha value is -1.16. The van der Waals surface area contributed by atoms with Crippen LogP contribution in [0.15, 0.2) is 17.1 Å². The van der Waals surface area contributed by atoms with Crippen LogP contribution in [0.2, 0.25) is 0 Å². The molecular formula is C13H20N2O2. The van der Waals surface area contributed by atoms with Gasteiger partial charge in [0.05, 0.1) is 0 Å². The van der Waals surface area contributed by atoms with E-state index in [4.69, 9.17) is 4.74 Å². The molecule has 0 saturated heterocycles. The molecule has 1 saturated carbocycles. The Morgan fingerprint density at radius 3 is 2.65 bits per heavy atom. The Morgan fingerprint density at radius 1 is 1.35 bits per heavy atom. The van der Waals surface area contributed by atoms with Gasteiger partial charge in [0.1, 0.15) is 11.4 Å². The molecule has 1 aromatic rings. The van der Waals surface area contributed by atoms with E-state index in [0.29, 0.717) is 12.4 Å². The number of H-pyrrole nitrogens is 1. The van der Waals surface area contributed by atoms with Crippen LogP contribution in [0.1, 0.15) is 51.3 Å². The highest BCUT2D eigenvalue weighted by Gasteiger charge is 2.35. The normalized spacial score (nSPS) is 19.8. The fraction of sp³-hybridized carbons (Fsp3) is 0.692. The van der Waals surface area contributed by atoms with Gasteiger partial charge >= 0.3 is 0 Å². The van der Waals surface area contributed by atoms with Crippen molar-refractivity contribution in [2.75, 3.05) is 6.61 Å². The third-order valence-electron chi connectivity index (χ3n) is 3.43. The van der Waals surface area contributed by atoms with Crippen molar-refractivity contribution >= 4 is 0 Å². The fourth-order valence-corrected chi connectivity index (χ4v) is 2.63. The molecule has 1 aliphatic carbocycles. The molecule has 94 valence electrons. The van der Waals surface area contributed by atoms with Gasteiger partial charge in [-0.2, -0.15) is 0 Å². The Morgan fingerprint density at radius 2 is 2.06 bits per heavy atom. The van der Waals surface area contributed by atoms with E-state index < -0.39 is 0 Å². The first-order valence-electron chi connectivity index (χ1n) is 6.46. The van der Waals surface area contributed by atoms with Gasteiger partial charge in [0.25, 0.3) is 5.56 Å². The summed E-state index contributed by atoms with van der Waals surface area (Å²) in [5.41, 5.74) is -0.468. The van der Waals surface area contributed by atoms with Gasteiger partial charge in [-0.25, -0.2) is 4.98 Å². The van der Waals surface area contributed by atoms with Gasteiger partial charge in [-0.15, -0.1) is 0 Å². The van der Waals surface area contributed by atoms with Crippen molar-refractivity contribution in [3.63, 3.8) is 0 Å². The van der Waals surface area contributed by atoms with Crippen LogP contribution in [-0.4, -0.2) is 16.6 Å². The van der Waals surface area contributed by atoms with E-state index >= 15 is 0 Å². The van der Waals surface area contributed by atoms with E-state index in [1.54, 1.807) is 6.20 Å². The van der Waals surface area contributed by atoms with Crippen LogP contribution in [0.5, 0.6) is 0 Å². The van der Waals surface area contributed by atoms with Crippen molar-refractivity contribution in [3.05, 3.63) is 28.4 Å². The molecule has 0 unspecified atom stereocenters. The van der Waals surface area contributed by atoms with Crippen molar-refractivity contribution < 1.29 is 4.74 Å². The Kier molecular flexibility index (Phi) is 3.94. The van der Waals surface area contributed by atoms with Crippen molar-refractivity contribution in [2.45, 2.75) is 51.0 Å². The van der Waals surface area contributed by atoms with E-state index in [2.05, 4.69) is 9.97 Å². The Bertz CT molecular complexity index is 406. The van der Waals surface area contributed by atoms with Crippen LogP contribution in [0, 0.1) is 0 Å². The highest BCUT2D eigenvalue weighted by atomic mass is 16.5. The molecule has 1 N–H and O–H groups in total. The summed E-state index contributed by atoms with van der Waals surface area (Å²) in [4.78, 5) is 18.6. The molecule has 0 radical (unpaired) electrons. The summed E-state index contributed by atoms with van der Waals surface area (Å²) >= 11 is 0. The summed E-state index contributed by atoms with van der Waals surface area (Å²) in [6, 6.07) is 1.44. The van der Waals surface area contributed by atoms with Crippen LogP contribution < -0.4 is 5.56 Å². The number of nitrogens with zero attached hydrogens (tertiary/aromatic N) is 1. The largest absolute Gasteiger partial charge is 0.367 e. The maximum Gasteiger partial charge on any atom is 0.250 e. The van der Waals surface area contributed by atoms with Crippen LogP contribution in [-0.2, 0) is 10.3 Å². The Labute approximate surface area is 101 Å². The molecule has 1 aliphatic rings. The minimum atomic E-state index is -0.369. The highest BCUT2D eigenvalue weighted by molar-refractivity contribution is 5.04. The number of hydrogen-bond acceptors (Lipinski definition) is 3. The maximum atomic E-state index is 11.4. The number of hydrogen-bond donors (Lipinski definition) is 1. The minimum absolute atomic E-state index is 0.0988. The van der Waals surface area contributed by atoms with E-state index in [-0.39, 0.29) is 11.2 Å². The first-order chi connectivity index (χ1) is 8.27. The molecule has 1 aromatic heterocycles. The molecule has 0 amide bonds. The van der Waals surface area contributed by atoms with E-state index in [1.165, 1.54) is 18.9 Å². The summed E-state index contributed by atoms with van der Waals surface area (Å²) in [6.45, 7) is 2.65. The van der Waals surface area contributed by atoms with E-state index in [0.717, 1.165) is 25.7 Å². The van der Waals surface area contributed by atoms with Gasteiger partial charge in [-0.1, -0.05) is 25.7 Å². The molecule has 0 atom stereocenters. The van der Waals surface area contributed by atoms with Crippen molar-refractivity contribution in [1.82, 2.24) is 9.97 Å². The average Bonchev–Trinajstić information content (AvgIpc) is 2.56. The molecule has 0 spiro atoms. The number of rotatable bonds is 3. The predicted octanol–water partition coefficient (Wildman–Crippen LogP) is 2.36. The van der Waals surface area contributed by atoms with Crippen LogP contribution in [0.25, 0.3) is 0 Å². The van der Waals surface area contributed by atoms with Gasteiger partial charge in [-0.05, 0) is 19.8 Å². The van der Waals surface area contributed by atoms with Crippen molar-refractivity contribution in [2.24, 2.45) is 0 Å². The summed E-state index contributed by atoms with van der Waals surface area (Å²) in [5, 5.41) is 0. The smallest absolute Gasteiger partial charge is 0.250 e. The highest BCUT2D eigenvalue weighted by Crippen LogP contribution is 2.37. The van der Waals surface area contributed by atoms with Crippen LogP contribution in [0.4, 0.5) is 0 Å². The standard InChI is InChI=1S/C13H20N2O2/c1-2-17-13(8-5-3-4-6-9-13)12-14-10-7-11(16)15-12/h7,10H,2-6,8-9H2,1H3,(H,14,15,16). The second-order valence-corrected chi connectivity index (χ2v) is 4.62. The van der Waals surface area contributed by atoms with Crippen LogP contribution in [0.3, 0.4) is 0 Å². The number of aromatic nitrogens is 2. The molecule has 1 heterocycles. The summed E-state index contributed by atoms with van der Waals surface area (Å²) in [5.74, 6) is 0.703. The zero-order chi connectivity index (χ0) is 12.1. The molecule has 0 aliphatic heterocycles. The monoisotopic (exact) mass is 236 g/mol. The fourth-order valence-electron chi connectivity index (χ4n) is 2.63. The van der Waals surface area contributed by atoms with Gasteiger partial charge in [0.15, 0.2) is 0 Å². The predicted molar refractivity (Wildman–Crippen MR) is 65.9 cm³/mol. The van der Waals surface area contributed by atoms with Gasteiger partial charge in [0, 0.05) is 18.9 Å². The Balaban J connectivity index is 2.34. The lowest BCUT2D eigenvalue weighted by Crippen LogP contribution is -2.33. The molecular weight excluding hydrogens is 216 g/mol. The quantitative estimate of drug-likeness (QED) is 0.820. The maximum absolute atomic E-state index is 11.4. The zero-order valence-corrected chi connectivity index (χ0v) is 10.4. The van der Waals surface area contributed by atoms with Gasteiger partial charge in [0.2, 0.25) is 0 Å². The van der Waals surface area contributed by atoms with E-state index in [9.17, 15) is 4.79 Å². The van der Waals surface area contributed by atoms with Crippen molar-refractivity contribution in [3.8, 4) is 0 Å². The average molecular weight is 236 g/mol. The third kappa shape index (κ3) is 2.75. The first kappa shape index (κ1) is 12.3. The van der Waals surface area contributed by atoms with Gasteiger partial charge < -0.3 is 9.72 Å². The van der Waals surface area contributed by atoms with Crippen LogP contribution >= 0.6 is 0 Å². The third-order valence-corrected chi connectivity index (χ3v) is 3.43. The lowest BCUT2D eigenvalue weighted by molar-refractivity contribution is -0.0626. The molecule has 4 heteroatoms. The SMILES string of the molecule is CCOC1(c2nccc(=O)[nH]2)CCCCCC1. The van der Waals surface area contributed by atoms with Crippen molar-refractivity contribution in [1.29, 1.82) is 0 Å². The molecule has 2 rings (SSSR count). The minimum Gasteiger partial charge on any atom is -0.367 e. The van der Waals surface area contributed by atoms with E-state index in [1.807, 2.05) is 6.92 Å². The molecule has 0 bridgehead atoms. The van der Waals surface area contributed by atoms with Gasteiger partial charge in [-0.3, -0.25) is 4.79 Å². The summed E-state index contributed by atoms with van der Waals surface area (Å²) < 4.78 is 5.96. The molecule has 4 nitrogen and oxygen atoms in total. The number of ether oxygens (including phenoxy) is 1. The molecule has 17 heavy (non-hydrogen) atoms. The topological polar surface area (TPSA) is 55.0 Å². The first-order valence-corrected chi connectivity index (χ1v) is 6.46. The summed E-state index contributed by atoms with van der Waals surface area (Å²) in [6.07, 6.45) is 8.23. The lowest BCUT2D eigenvalue weighted by Gasteiger charge is -2.31.